The maximum Gasteiger partial charge on any atom is 0.329 e. The Balaban J connectivity index is 1.33. The second kappa shape index (κ2) is 8.86. The van der Waals surface area contributed by atoms with Gasteiger partial charge in [0.05, 0.1) is 11.5 Å². The summed E-state index contributed by atoms with van der Waals surface area (Å²) in [6, 6.07) is 19.2. The second-order valence-corrected chi connectivity index (χ2v) is 8.19. The minimum Gasteiger partial charge on any atom is -0.343 e. The van der Waals surface area contributed by atoms with E-state index in [1.807, 2.05) is 41.1 Å². The van der Waals surface area contributed by atoms with Crippen LogP contribution in [0.4, 0.5) is 14.9 Å². The van der Waals surface area contributed by atoms with Crippen molar-refractivity contribution in [2.24, 2.45) is 0 Å². The van der Waals surface area contributed by atoms with Crippen molar-refractivity contribution in [1.82, 2.24) is 14.8 Å². The van der Waals surface area contributed by atoms with Crippen molar-refractivity contribution in [2.75, 3.05) is 0 Å². The number of rotatable bonds is 6. The van der Waals surface area contributed by atoms with Gasteiger partial charge in [-0.1, -0.05) is 30.3 Å². The van der Waals surface area contributed by atoms with Gasteiger partial charge in [0.25, 0.3) is 11.6 Å². The standard InChI is InChI=1S/C26H19FN4O4/c27-21-3-1-2-19(13-21)15-29-11-10-20-12-18(6-9-24(20)29)14-23-25(32)30(26(33)28-23)16-17-4-7-22(8-5-17)31(34)35/h1-14H,15-16H2,(H,28,33)/b23-14+. The van der Waals surface area contributed by atoms with Crippen LogP contribution in [-0.2, 0) is 17.9 Å². The number of nitrogens with one attached hydrogen (secondary N) is 1. The number of nitrogens with zero attached hydrogens (tertiary/aromatic N) is 3. The molecule has 0 saturated carbocycles. The number of benzene rings is 3. The Kier molecular flexibility index (Phi) is 5.58. The van der Waals surface area contributed by atoms with Crippen molar-refractivity contribution < 1.29 is 18.9 Å². The normalized spacial score (nSPS) is 14.7. The molecule has 3 aromatic carbocycles. The average Bonchev–Trinajstić information content (AvgIpc) is 3.34. The maximum absolute atomic E-state index is 13.5. The third-order valence-electron chi connectivity index (χ3n) is 5.80. The second-order valence-electron chi connectivity index (χ2n) is 8.19. The zero-order valence-corrected chi connectivity index (χ0v) is 18.3. The molecule has 1 saturated heterocycles. The molecule has 35 heavy (non-hydrogen) atoms. The van der Waals surface area contributed by atoms with Crippen molar-refractivity contribution in [2.45, 2.75) is 13.1 Å². The van der Waals surface area contributed by atoms with Crippen LogP contribution in [-0.4, -0.2) is 26.3 Å². The number of carbonyl (C=O) groups excluding carboxylic acids is 2. The Labute approximate surface area is 199 Å². The molecule has 4 aromatic rings. The van der Waals surface area contributed by atoms with Crippen LogP contribution in [0.2, 0.25) is 0 Å². The molecule has 1 aromatic heterocycles. The number of hydrogen-bond acceptors (Lipinski definition) is 4. The number of hydrogen-bond donors (Lipinski definition) is 1. The highest BCUT2D eigenvalue weighted by Crippen LogP contribution is 2.23. The predicted octanol–water partition coefficient (Wildman–Crippen LogP) is 4.83. The van der Waals surface area contributed by atoms with Crippen LogP contribution in [0.5, 0.6) is 0 Å². The highest BCUT2D eigenvalue weighted by Gasteiger charge is 2.33. The average molecular weight is 470 g/mol. The monoisotopic (exact) mass is 470 g/mol. The molecule has 8 nitrogen and oxygen atoms in total. The first-order valence-electron chi connectivity index (χ1n) is 10.8. The van der Waals surface area contributed by atoms with Gasteiger partial charge in [-0.2, -0.15) is 0 Å². The van der Waals surface area contributed by atoms with Crippen LogP contribution in [0.1, 0.15) is 16.7 Å². The van der Waals surface area contributed by atoms with Crippen LogP contribution in [0.15, 0.2) is 84.7 Å². The molecular weight excluding hydrogens is 451 g/mol. The van der Waals surface area contributed by atoms with E-state index in [0.29, 0.717) is 12.1 Å². The Morgan fingerprint density at radius 1 is 0.943 bits per heavy atom. The number of halogens is 1. The van der Waals surface area contributed by atoms with Gasteiger partial charge in [0.1, 0.15) is 11.5 Å². The molecule has 0 bridgehead atoms. The van der Waals surface area contributed by atoms with E-state index in [4.69, 9.17) is 0 Å². The van der Waals surface area contributed by atoms with E-state index in [0.717, 1.165) is 26.9 Å². The molecule has 0 unspecified atom stereocenters. The summed E-state index contributed by atoms with van der Waals surface area (Å²) in [5.74, 6) is -0.754. The summed E-state index contributed by atoms with van der Waals surface area (Å²) in [7, 11) is 0. The smallest absolute Gasteiger partial charge is 0.329 e. The van der Waals surface area contributed by atoms with Crippen molar-refractivity contribution in [1.29, 1.82) is 0 Å². The summed E-state index contributed by atoms with van der Waals surface area (Å²) in [4.78, 5) is 36.6. The van der Waals surface area contributed by atoms with E-state index in [1.54, 1.807) is 12.1 Å². The van der Waals surface area contributed by atoms with Gasteiger partial charge in [0, 0.05) is 35.8 Å². The lowest BCUT2D eigenvalue weighted by Gasteiger charge is -2.11. The Morgan fingerprint density at radius 2 is 1.74 bits per heavy atom. The number of nitro groups is 1. The molecule has 3 amide bonds. The summed E-state index contributed by atoms with van der Waals surface area (Å²) in [6.45, 7) is 0.524. The van der Waals surface area contributed by atoms with Gasteiger partial charge >= 0.3 is 6.03 Å². The molecule has 2 heterocycles. The highest BCUT2D eigenvalue weighted by atomic mass is 19.1. The van der Waals surface area contributed by atoms with Crippen LogP contribution >= 0.6 is 0 Å². The molecular formula is C26H19FN4O4. The molecule has 0 radical (unpaired) electrons. The summed E-state index contributed by atoms with van der Waals surface area (Å²) < 4.78 is 15.5. The predicted molar refractivity (Wildman–Crippen MR) is 128 cm³/mol. The zero-order chi connectivity index (χ0) is 24.5. The van der Waals surface area contributed by atoms with Gasteiger partial charge in [-0.25, -0.2) is 9.18 Å². The molecule has 1 N–H and O–H groups in total. The number of carbonyl (C=O) groups is 2. The van der Waals surface area contributed by atoms with Crippen LogP contribution in [0.25, 0.3) is 17.0 Å². The first-order valence-corrected chi connectivity index (χ1v) is 10.8. The number of imide groups is 1. The summed E-state index contributed by atoms with van der Waals surface area (Å²) in [5.41, 5.74) is 3.23. The van der Waals surface area contributed by atoms with E-state index in [2.05, 4.69) is 5.32 Å². The number of urea groups is 1. The number of nitro benzene ring substituents is 1. The lowest BCUT2D eigenvalue weighted by Crippen LogP contribution is -2.30. The number of fused-ring (bicyclic) bond motifs is 1. The molecule has 1 aliphatic heterocycles. The topological polar surface area (TPSA) is 97.5 Å². The summed E-state index contributed by atoms with van der Waals surface area (Å²) in [6.07, 6.45) is 3.53. The lowest BCUT2D eigenvalue weighted by atomic mass is 10.1. The maximum atomic E-state index is 13.5. The van der Waals surface area contributed by atoms with Gasteiger partial charge in [-0.3, -0.25) is 19.8 Å². The Bertz CT molecular complexity index is 1510. The fourth-order valence-electron chi connectivity index (χ4n) is 4.07. The van der Waals surface area contributed by atoms with Gasteiger partial charge in [0.2, 0.25) is 0 Å². The Hall–Kier alpha value is -4.79. The van der Waals surface area contributed by atoms with Crippen LogP contribution in [0, 0.1) is 15.9 Å². The molecule has 5 rings (SSSR count). The number of aromatic nitrogens is 1. The van der Waals surface area contributed by atoms with E-state index < -0.39 is 16.9 Å². The van der Waals surface area contributed by atoms with Gasteiger partial charge in [0.15, 0.2) is 0 Å². The molecule has 174 valence electrons. The lowest BCUT2D eigenvalue weighted by molar-refractivity contribution is -0.384. The Morgan fingerprint density at radius 3 is 2.49 bits per heavy atom. The summed E-state index contributed by atoms with van der Waals surface area (Å²) >= 11 is 0. The third-order valence-corrected chi connectivity index (χ3v) is 5.80. The van der Waals surface area contributed by atoms with Crippen LogP contribution < -0.4 is 5.32 Å². The summed E-state index contributed by atoms with van der Waals surface area (Å²) in [5, 5.41) is 14.3. The first kappa shape index (κ1) is 22.0. The SMILES string of the molecule is O=C1N/C(=C/c2ccc3c(ccn3Cc3cccc(F)c3)c2)C(=O)N1Cc1ccc([N+](=O)[O-])cc1. The fraction of sp³-hybridized carbons (Fsp3) is 0.0769. The molecule has 1 aliphatic rings. The minimum absolute atomic E-state index is 0.00195. The van der Waals surface area contributed by atoms with Gasteiger partial charge in [-0.05, 0) is 53.1 Å². The fourth-order valence-corrected chi connectivity index (χ4v) is 4.07. The van der Waals surface area contributed by atoms with Gasteiger partial charge in [-0.15, -0.1) is 0 Å². The minimum atomic E-state index is -0.554. The van der Waals surface area contributed by atoms with Crippen molar-refractivity contribution in [3.05, 3.63) is 117 Å². The molecule has 1 fully saturated rings. The largest absolute Gasteiger partial charge is 0.343 e. The van der Waals surface area contributed by atoms with Crippen molar-refractivity contribution >= 4 is 34.6 Å². The molecule has 0 aliphatic carbocycles. The van der Waals surface area contributed by atoms with E-state index >= 15 is 0 Å². The highest BCUT2D eigenvalue weighted by molar-refractivity contribution is 6.14. The zero-order valence-electron chi connectivity index (χ0n) is 18.3. The van der Waals surface area contributed by atoms with Crippen molar-refractivity contribution in [3.63, 3.8) is 0 Å². The quantitative estimate of drug-likeness (QED) is 0.189. The first-order chi connectivity index (χ1) is 16.9. The van der Waals surface area contributed by atoms with Crippen molar-refractivity contribution in [3.8, 4) is 0 Å². The molecule has 0 spiro atoms. The van der Waals surface area contributed by atoms with E-state index in [9.17, 15) is 24.1 Å². The molecule has 9 heteroatoms. The number of non-ortho nitro benzene ring substituents is 1. The van der Waals surface area contributed by atoms with E-state index in [1.165, 1.54) is 36.4 Å². The number of amides is 3. The van der Waals surface area contributed by atoms with E-state index in [-0.39, 0.29) is 23.7 Å². The third kappa shape index (κ3) is 4.51. The van der Waals surface area contributed by atoms with Crippen LogP contribution in [0.3, 0.4) is 0 Å². The van der Waals surface area contributed by atoms with Gasteiger partial charge < -0.3 is 9.88 Å². The molecule has 0 atom stereocenters.